The van der Waals surface area contributed by atoms with Gasteiger partial charge in [0, 0.05) is 37.6 Å². The van der Waals surface area contributed by atoms with Crippen molar-refractivity contribution in [2.24, 2.45) is 0 Å². The lowest BCUT2D eigenvalue weighted by molar-refractivity contribution is 0.304. The van der Waals surface area contributed by atoms with Crippen LogP contribution in [0.5, 0.6) is 0 Å². The maximum atomic E-state index is 12.4. The molecule has 0 saturated carbocycles. The molecule has 3 rings (SSSR count). The zero-order chi connectivity index (χ0) is 15.5. The lowest BCUT2D eigenvalue weighted by Gasteiger charge is -2.19. The summed E-state index contributed by atoms with van der Waals surface area (Å²) in [5, 5.41) is 9.64. The second kappa shape index (κ2) is 5.99. The van der Waals surface area contributed by atoms with Crippen LogP contribution in [0.1, 0.15) is 0 Å². The summed E-state index contributed by atoms with van der Waals surface area (Å²) >= 11 is 0. The molecule has 0 amide bonds. The van der Waals surface area contributed by atoms with Crippen molar-refractivity contribution in [2.75, 3.05) is 25.1 Å². The van der Waals surface area contributed by atoms with Gasteiger partial charge in [0.1, 0.15) is 5.76 Å². The Bertz CT molecular complexity index is 843. The molecule has 3 aromatic rings. The van der Waals surface area contributed by atoms with E-state index in [9.17, 15) is 4.79 Å². The van der Waals surface area contributed by atoms with Gasteiger partial charge in [0.2, 0.25) is 0 Å². The van der Waals surface area contributed by atoms with Gasteiger partial charge >= 0.3 is 0 Å². The summed E-state index contributed by atoms with van der Waals surface area (Å²) < 4.78 is 5.98. The summed E-state index contributed by atoms with van der Waals surface area (Å²) in [6.07, 6.45) is 3.31. The van der Waals surface area contributed by atoms with E-state index in [-0.39, 0.29) is 12.0 Å². The highest BCUT2D eigenvalue weighted by molar-refractivity contribution is 5.90. The van der Waals surface area contributed by atoms with Crippen molar-refractivity contribution < 1.29 is 9.52 Å². The number of para-hydroxylation sites is 1. The van der Waals surface area contributed by atoms with Gasteiger partial charge in [0.05, 0.1) is 17.7 Å². The van der Waals surface area contributed by atoms with Crippen LogP contribution in [0, 0.1) is 0 Å². The predicted molar refractivity (Wildman–Crippen MR) is 86.1 cm³/mol. The molecule has 2 aromatic heterocycles. The molecule has 1 aromatic carbocycles. The van der Waals surface area contributed by atoms with Gasteiger partial charge in [-0.3, -0.25) is 9.78 Å². The minimum atomic E-state index is -0.0905. The SMILES string of the molecule is CN(CCO)c1cccc2c(=O)cc(-c3ccncc3)oc12. The zero-order valence-electron chi connectivity index (χ0n) is 12.2. The second-order valence-electron chi connectivity index (χ2n) is 5.01. The van der Waals surface area contributed by atoms with Gasteiger partial charge in [-0.15, -0.1) is 0 Å². The lowest BCUT2D eigenvalue weighted by atomic mass is 10.1. The first-order valence-corrected chi connectivity index (χ1v) is 7.00. The molecule has 22 heavy (non-hydrogen) atoms. The Morgan fingerprint density at radius 2 is 2.00 bits per heavy atom. The third kappa shape index (κ3) is 2.58. The smallest absolute Gasteiger partial charge is 0.193 e. The van der Waals surface area contributed by atoms with Gasteiger partial charge in [-0.25, -0.2) is 0 Å². The Morgan fingerprint density at radius 1 is 1.23 bits per heavy atom. The summed E-state index contributed by atoms with van der Waals surface area (Å²) in [7, 11) is 1.85. The van der Waals surface area contributed by atoms with E-state index in [4.69, 9.17) is 9.52 Å². The van der Waals surface area contributed by atoms with E-state index in [2.05, 4.69) is 4.98 Å². The number of rotatable bonds is 4. The number of aliphatic hydroxyl groups excluding tert-OH is 1. The van der Waals surface area contributed by atoms with Gasteiger partial charge in [0.15, 0.2) is 11.0 Å². The maximum Gasteiger partial charge on any atom is 0.193 e. The highest BCUT2D eigenvalue weighted by atomic mass is 16.3. The number of benzene rings is 1. The maximum absolute atomic E-state index is 12.4. The first-order chi connectivity index (χ1) is 10.7. The number of hydrogen-bond donors (Lipinski definition) is 1. The van der Waals surface area contributed by atoms with Crippen molar-refractivity contribution in [1.82, 2.24) is 4.98 Å². The van der Waals surface area contributed by atoms with Crippen molar-refractivity contribution in [3.8, 4) is 11.3 Å². The third-order valence-corrected chi connectivity index (χ3v) is 3.55. The van der Waals surface area contributed by atoms with Gasteiger partial charge in [-0.05, 0) is 24.3 Å². The molecule has 0 atom stereocenters. The number of anilines is 1. The molecule has 0 aliphatic rings. The normalized spacial score (nSPS) is 10.8. The van der Waals surface area contributed by atoms with Crippen molar-refractivity contribution in [3.63, 3.8) is 0 Å². The molecule has 5 nitrogen and oxygen atoms in total. The Labute approximate surface area is 127 Å². The van der Waals surface area contributed by atoms with E-state index in [1.807, 2.05) is 24.1 Å². The number of fused-ring (bicyclic) bond motifs is 1. The number of hydrogen-bond acceptors (Lipinski definition) is 5. The van der Waals surface area contributed by atoms with Crippen molar-refractivity contribution in [1.29, 1.82) is 0 Å². The molecule has 0 saturated heterocycles. The Kier molecular flexibility index (Phi) is 3.89. The summed E-state index contributed by atoms with van der Waals surface area (Å²) in [6, 6.07) is 10.5. The standard InChI is InChI=1S/C17H16N2O3/c1-19(9-10-20)14-4-2-3-13-15(21)11-16(22-17(13)14)12-5-7-18-8-6-12/h2-8,11,20H,9-10H2,1H3. The monoisotopic (exact) mass is 296 g/mol. The number of aromatic nitrogens is 1. The molecule has 5 heteroatoms. The summed E-state index contributed by atoms with van der Waals surface area (Å²) in [6.45, 7) is 0.490. The largest absolute Gasteiger partial charge is 0.454 e. The molecule has 2 heterocycles. The Hall–Kier alpha value is -2.66. The Morgan fingerprint density at radius 3 is 2.73 bits per heavy atom. The number of aliphatic hydroxyl groups is 1. The van der Waals surface area contributed by atoms with Crippen LogP contribution >= 0.6 is 0 Å². The number of likely N-dealkylation sites (N-methyl/N-ethyl adjacent to an activating group) is 1. The first kappa shape index (κ1) is 14.3. The summed E-state index contributed by atoms with van der Waals surface area (Å²) in [5.74, 6) is 0.504. The topological polar surface area (TPSA) is 66.6 Å². The summed E-state index contributed by atoms with van der Waals surface area (Å²) in [5.41, 5.74) is 2.01. The fourth-order valence-corrected chi connectivity index (χ4v) is 2.39. The third-order valence-electron chi connectivity index (χ3n) is 3.55. The van der Waals surface area contributed by atoms with Crippen molar-refractivity contribution in [2.45, 2.75) is 0 Å². The van der Waals surface area contributed by atoms with Gasteiger partial charge in [0.25, 0.3) is 0 Å². The fourth-order valence-electron chi connectivity index (χ4n) is 2.39. The van der Waals surface area contributed by atoms with Gasteiger partial charge in [-0.1, -0.05) is 6.07 Å². The average molecular weight is 296 g/mol. The minimum Gasteiger partial charge on any atom is -0.454 e. The zero-order valence-corrected chi connectivity index (χ0v) is 12.2. The van der Waals surface area contributed by atoms with Crippen LogP contribution in [-0.2, 0) is 0 Å². The van der Waals surface area contributed by atoms with Gasteiger partial charge in [-0.2, -0.15) is 0 Å². The second-order valence-corrected chi connectivity index (χ2v) is 5.01. The van der Waals surface area contributed by atoms with E-state index in [1.54, 1.807) is 30.6 Å². The van der Waals surface area contributed by atoms with Crippen LogP contribution < -0.4 is 10.3 Å². The minimum absolute atomic E-state index is 0.0289. The molecular weight excluding hydrogens is 280 g/mol. The Balaban J connectivity index is 2.23. The van der Waals surface area contributed by atoms with Crippen LogP contribution in [0.4, 0.5) is 5.69 Å². The van der Waals surface area contributed by atoms with Crippen LogP contribution in [0.25, 0.3) is 22.3 Å². The molecule has 0 fully saturated rings. The quantitative estimate of drug-likeness (QED) is 0.800. The average Bonchev–Trinajstić information content (AvgIpc) is 2.55. The predicted octanol–water partition coefficient (Wildman–Crippen LogP) is 2.28. The molecule has 112 valence electrons. The number of pyridine rings is 1. The summed E-state index contributed by atoms with van der Waals surface area (Å²) in [4.78, 5) is 18.2. The van der Waals surface area contributed by atoms with E-state index in [0.717, 1.165) is 11.3 Å². The molecule has 0 aliphatic heterocycles. The van der Waals surface area contributed by atoms with E-state index in [1.165, 1.54) is 6.07 Å². The van der Waals surface area contributed by atoms with E-state index < -0.39 is 0 Å². The first-order valence-electron chi connectivity index (χ1n) is 7.00. The van der Waals surface area contributed by atoms with Crippen molar-refractivity contribution in [3.05, 3.63) is 59.0 Å². The highest BCUT2D eigenvalue weighted by Crippen LogP contribution is 2.28. The number of nitrogens with zero attached hydrogens (tertiary/aromatic N) is 2. The van der Waals surface area contributed by atoms with Crippen LogP contribution in [0.15, 0.2) is 58.0 Å². The molecule has 1 N–H and O–H groups in total. The van der Waals surface area contributed by atoms with E-state index >= 15 is 0 Å². The molecule has 0 aliphatic carbocycles. The molecular formula is C17H16N2O3. The van der Waals surface area contributed by atoms with E-state index in [0.29, 0.717) is 23.3 Å². The van der Waals surface area contributed by atoms with Crippen LogP contribution in [0.3, 0.4) is 0 Å². The molecule has 0 spiro atoms. The molecule has 0 radical (unpaired) electrons. The van der Waals surface area contributed by atoms with Gasteiger partial charge < -0.3 is 14.4 Å². The lowest BCUT2D eigenvalue weighted by Crippen LogP contribution is -2.21. The molecule has 0 unspecified atom stereocenters. The van der Waals surface area contributed by atoms with Crippen LogP contribution in [0.2, 0.25) is 0 Å². The fraction of sp³-hybridized carbons (Fsp3) is 0.176. The van der Waals surface area contributed by atoms with Crippen molar-refractivity contribution >= 4 is 16.7 Å². The molecule has 0 bridgehead atoms. The highest BCUT2D eigenvalue weighted by Gasteiger charge is 2.12. The van der Waals surface area contributed by atoms with Crippen LogP contribution in [-0.4, -0.2) is 30.3 Å².